The second kappa shape index (κ2) is 8.40. The summed E-state index contributed by atoms with van der Waals surface area (Å²) in [6.07, 6.45) is -0.856. The molecule has 19 heteroatoms. The molecule has 0 amide bonds. The normalized spacial score (nSPS) is 27.2. The first kappa shape index (κ1) is 23.3. The molecule has 5 atom stereocenters. The highest BCUT2D eigenvalue weighted by molar-refractivity contribution is 7.66. The number of ether oxygens (including phenoxy) is 1. The Bertz CT molecular complexity index is 968. The smallest absolute Gasteiger partial charge is 0.350 e. The van der Waals surface area contributed by atoms with Crippen molar-refractivity contribution in [2.75, 3.05) is 6.61 Å². The van der Waals surface area contributed by atoms with Crippen LogP contribution >= 0.6 is 23.5 Å². The zero-order valence-corrected chi connectivity index (χ0v) is 16.3. The van der Waals surface area contributed by atoms with Crippen molar-refractivity contribution in [3.8, 4) is 0 Å². The van der Waals surface area contributed by atoms with Gasteiger partial charge in [0.2, 0.25) is 0 Å². The molecule has 1 fully saturated rings. The first-order chi connectivity index (χ1) is 12.7. The van der Waals surface area contributed by atoms with Crippen LogP contribution in [0.15, 0.2) is 21.9 Å². The lowest BCUT2D eigenvalue weighted by Crippen LogP contribution is -2.37. The zero-order valence-electron chi connectivity index (χ0n) is 13.6. The van der Waals surface area contributed by atoms with Crippen molar-refractivity contribution in [3.05, 3.63) is 33.1 Å². The Morgan fingerprint density at radius 1 is 1.18 bits per heavy atom. The lowest BCUT2D eigenvalue weighted by molar-refractivity contribution is -0.0275. The fourth-order valence-electron chi connectivity index (χ4n) is 2.26. The zero-order chi connectivity index (χ0) is 21.3. The van der Waals surface area contributed by atoms with Gasteiger partial charge in [-0.2, -0.15) is 8.62 Å². The van der Waals surface area contributed by atoms with E-state index in [9.17, 15) is 28.2 Å². The molecule has 0 saturated carbocycles. The maximum absolute atomic E-state index is 11.8. The van der Waals surface area contributed by atoms with Gasteiger partial charge >= 0.3 is 29.2 Å². The molecule has 160 valence electrons. The molecule has 2 heterocycles. The summed E-state index contributed by atoms with van der Waals surface area (Å²) in [4.78, 5) is 60.2. The minimum absolute atomic E-state index is 0.0198. The van der Waals surface area contributed by atoms with Gasteiger partial charge in [0.05, 0.1) is 18.8 Å². The number of H-pyrrole nitrogens is 1. The van der Waals surface area contributed by atoms with Gasteiger partial charge < -0.3 is 30.0 Å². The number of phosphoric ester groups is 1. The molecule has 0 spiro atoms. The second-order valence-electron chi connectivity index (χ2n) is 5.45. The Morgan fingerprint density at radius 2 is 1.82 bits per heavy atom. The molecule has 1 saturated heterocycles. The highest BCUT2D eigenvalue weighted by atomic mass is 31.3. The van der Waals surface area contributed by atoms with E-state index in [2.05, 4.69) is 13.1 Å². The lowest BCUT2D eigenvalue weighted by Gasteiger charge is -2.19. The van der Waals surface area contributed by atoms with E-state index < -0.39 is 59.7 Å². The third-order valence-electron chi connectivity index (χ3n) is 3.20. The van der Waals surface area contributed by atoms with Crippen LogP contribution in [0.4, 0.5) is 0 Å². The van der Waals surface area contributed by atoms with E-state index >= 15 is 0 Å². The minimum atomic E-state index is -5.63. The van der Waals surface area contributed by atoms with Crippen molar-refractivity contribution in [2.24, 2.45) is 5.73 Å². The monoisotopic (exact) mass is 467 g/mol. The molecule has 0 radical (unpaired) electrons. The molecule has 1 aliphatic rings. The average Bonchev–Trinajstić information content (AvgIpc) is 2.82. The number of nitrogens with zero attached hydrogens (tertiary/aromatic N) is 1. The molecule has 28 heavy (non-hydrogen) atoms. The predicted molar refractivity (Wildman–Crippen MR) is 87.6 cm³/mol. The summed E-state index contributed by atoms with van der Waals surface area (Å²) in [7, 11) is -16.4. The summed E-state index contributed by atoms with van der Waals surface area (Å²) in [5.41, 5.74) is 4.39. The third kappa shape index (κ3) is 6.81. The average molecular weight is 467 g/mol. The molecule has 2 rings (SSSR count). The summed E-state index contributed by atoms with van der Waals surface area (Å²) < 4.78 is 51.4. The first-order valence-corrected chi connectivity index (χ1v) is 11.7. The summed E-state index contributed by atoms with van der Waals surface area (Å²) >= 11 is 0. The van der Waals surface area contributed by atoms with E-state index in [1.54, 1.807) is 0 Å². The van der Waals surface area contributed by atoms with E-state index in [1.165, 1.54) is 0 Å². The van der Waals surface area contributed by atoms with E-state index in [0.717, 1.165) is 16.8 Å². The van der Waals surface area contributed by atoms with Crippen LogP contribution in [0.3, 0.4) is 0 Å². The topological polar surface area (TPSA) is 250 Å². The molecule has 1 aromatic heterocycles. The Kier molecular flexibility index (Phi) is 6.99. The molecule has 16 nitrogen and oxygen atoms in total. The number of hydrogen-bond acceptors (Lipinski definition) is 10. The second-order valence-corrected chi connectivity index (χ2v) is 9.87. The molecular formula is C9H16N3O13P3. The third-order valence-corrected chi connectivity index (χ3v) is 7.00. The van der Waals surface area contributed by atoms with Gasteiger partial charge in [-0.1, -0.05) is 0 Å². The van der Waals surface area contributed by atoms with Crippen LogP contribution in [-0.2, 0) is 31.6 Å². The molecule has 0 bridgehead atoms. The van der Waals surface area contributed by atoms with Gasteiger partial charge in [-0.25, -0.2) is 18.5 Å². The van der Waals surface area contributed by atoms with Crippen LogP contribution in [0, 0.1) is 0 Å². The van der Waals surface area contributed by atoms with Gasteiger partial charge in [0.1, 0.15) is 0 Å². The van der Waals surface area contributed by atoms with E-state index in [1.807, 2.05) is 4.98 Å². The largest absolute Gasteiger partial charge is 0.490 e. The van der Waals surface area contributed by atoms with E-state index in [4.69, 9.17) is 25.2 Å². The number of hydrogen-bond donors (Lipinski definition) is 6. The SMILES string of the molecule is NC1CC(COP(=O)(O)OP(=O)(O)OP(=O)(O)O)OC1n1ccc(=O)[nH]c1=O. The number of rotatable bonds is 8. The van der Waals surface area contributed by atoms with Crippen LogP contribution < -0.4 is 17.0 Å². The minimum Gasteiger partial charge on any atom is -0.350 e. The molecule has 7 N–H and O–H groups in total. The quantitative estimate of drug-likeness (QED) is 0.238. The molecule has 1 aromatic rings. The molecular weight excluding hydrogens is 451 g/mol. The Balaban J connectivity index is 1.98. The lowest BCUT2D eigenvalue weighted by atomic mass is 10.2. The Labute approximate surface area is 155 Å². The van der Waals surface area contributed by atoms with E-state index in [0.29, 0.717) is 0 Å². The molecule has 1 aliphatic heterocycles. The van der Waals surface area contributed by atoms with Crippen LogP contribution in [0.1, 0.15) is 12.6 Å². The van der Waals surface area contributed by atoms with Gasteiger partial charge in [-0.3, -0.25) is 18.9 Å². The molecule has 5 unspecified atom stereocenters. The van der Waals surface area contributed by atoms with Crippen molar-refractivity contribution in [1.82, 2.24) is 9.55 Å². The highest BCUT2D eigenvalue weighted by Crippen LogP contribution is 2.66. The van der Waals surface area contributed by atoms with Gasteiger partial charge in [0.25, 0.3) is 5.56 Å². The first-order valence-electron chi connectivity index (χ1n) is 7.18. The standard InChI is InChI=1S/C9H16N3O13P3/c10-6-3-5(23-8(6)12-2-1-7(13)11-9(12)14)4-22-27(18,19)25-28(20,21)24-26(15,16)17/h1-2,5-6,8H,3-4,10H2,(H,18,19)(H,20,21)(H,11,13,14)(H2,15,16,17). The number of nitrogens with one attached hydrogen (secondary N) is 1. The van der Waals surface area contributed by atoms with Gasteiger partial charge in [0, 0.05) is 12.3 Å². The highest BCUT2D eigenvalue weighted by Gasteiger charge is 2.42. The van der Waals surface area contributed by atoms with Crippen LogP contribution in [0.25, 0.3) is 0 Å². The fourth-order valence-corrected chi connectivity index (χ4v) is 5.31. The summed E-state index contributed by atoms with van der Waals surface area (Å²) in [6.45, 7) is -0.702. The van der Waals surface area contributed by atoms with Crippen molar-refractivity contribution >= 4 is 23.5 Å². The number of aromatic nitrogens is 2. The summed E-state index contributed by atoms with van der Waals surface area (Å²) in [5.74, 6) is 0. The maximum Gasteiger partial charge on any atom is 0.490 e. The molecule has 0 aromatic carbocycles. The maximum atomic E-state index is 11.8. The number of phosphoric acid groups is 3. The van der Waals surface area contributed by atoms with Crippen molar-refractivity contribution < 1.29 is 51.2 Å². The predicted octanol–water partition coefficient (Wildman–Crippen LogP) is -1.51. The van der Waals surface area contributed by atoms with Crippen molar-refractivity contribution in [1.29, 1.82) is 0 Å². The molecule has 0 aliphatic carbocycles. The van der Waals surface area contributed by atoms with Crippen LogP contribution in [-0.4, -0.2) is 47.9 Å². The fraction of sp³-hybridized carbons (Fsp3) is 0.556. The Morgan fingerprint density at radius 3 is 2.39 bits per heavy atom. The van der Waals surface area contributed by atoms with Crippen molar-refractivity contribution in [3.63, 3.8) is 0 Å². The summed E-state index contributed by atoms with van der Waals surface area (Å²) in [5, 5.41) is 0. The van der Waals surface area contributed by atoms with Gasteiger partial charge in [-0.05, 0) is 6.42 Å². The van der Waals surface area contributed by atoms with Gasteiger partial charge in [0.15, 0.2) is 6.23 Å². The van der Waals surface area contributed by atoms with Crippen LogP contribution in [0.2, 0.25) is 0 Å². The number of nitrogens with two attached hydrogens (primary N) is 1. The Hall–Kier alpha value is -0.990. The summed E-state index contributed by atoms with van der Waals surface area (Å²) in [6, 6.07) is 0.273. The van der Waals surface area contributed by atoms with Gasteiger partial charge in [-0.15, -0.1) is 0 Å². The number of aromatic amines is 1. The van der Waals surface area contributed by atoms with E-state index in [-0.39, 0.29) is 6.42 Å². The van der Waals surface area contributed by atoms with Crippen molar-refractivity contribution in [2.45, 2.75) is 24.8 Å². The van der Waals surface area contributed by atoms with Crippen LogP contribution in [0.5, 0.6) is 0 Å².